The number of rotatable bonds is 3. The molecule has 0 aliphatic carbocycles. The van der Waals surface area contributed by atoms with Crippen molar-refractivity contribution in [1.82, 2.24) is 9.97 Å². The molecule has 2 rings (SSSR count). The fourth-order valence-corrected chi connectivity index (χ4v) is 2.25. The van der Waals surface area contributed by atoms with E-state index in [9.17, 15) is 18.0 Å². The number of alkyl halides is 3. The molecule has 0 atom stereocenters. The van der Waals surface area contributed by atoms with Crippen molar-refractivity contribution in [3.8, 4) is 0 Å². The van der Waals surface area contributed by atoms with Gasteiger partial charge in [0.05, 0.1) is 10.7 Å². The first-order valence-electron chi connectivity index (χ1n) is 5.58. The molecule has 0 fully saturated rings. The normalized spacial score (nSPS) is 11.3. The second-order valence-corrected chi connectivity index (χ2v) is 5.33. The average Bonchev–Trinajstić information content (AvgIpc) is 2.40. The number of carbonyl (C=O) groups is 1. The molecule has 0 radical (unpaired) electrons. The van der Waals surface area contributed by atoms with Crippen LogP contribution in [-0.2, 0) is 6.18 Å². The summed E-state index contributed by atoms with van der Waals surface area (Å²) in [5.74, 6) is -2.18. The highest BCUT2D eigenvalue weighted by molar-refractivity contribution is 9.10. The highest BCUT2D eigenvalue weighted by Gasteiger charge is 2.38. The number of hydrogen-bond donors (Lipinski definition) is 2. The molecule has 2 aromatic rings. The highest BCUT2D eigenvalue weighted by Crippen LogP contribution is 2.32. The van der Waals surface area contributed by atoms with Gasteiger partial charge in [-0.25, -0.2) is 14.8 Å². The van der Waals surface area contributed by atoms with Gasteiger partial charge in [-0.3, -0.25) is 0 Å². The van der Waals surface area contributed by atoms with Gasteiger partial charge in [0.15, 0.2) is 5.69 Å². The summed E-state index contributed by atoms with van der Waals surface area (Å²) < 4.78 is 39.2. The average molecular weight is 397 g/mol. The van der Waals surface area contributed by atoms with Crippen molar-refractivity contribution in [1.29, 1.82) is 0 Å². The summed E-state index contributed by atoms with van der Waals surface area (Å²) >= 11 is 9.11. The van der Waals surface area contributed by atoms with Gasteiger partial charge in [-0.2, -0.15) is 13.2 Å². The van der Waals surface area contributed by atoms with E-state index < -0.39 is 29.4 Å². The summed E-state index contributed by atoms with van der Waals surface area (Å²) in [5.41, 5.74) is -2.29. The van der Waals surface area contributed by atoms with Gasteiger partial charge >= 0.3 is 12.1 Å². The van der Waals surface area contributed by atoms with Crippen molar-refractivity contribution in [3.05, 3.63) is 45.1 Å². The molecular weight excluding hydrogens is 391 g/mol. The molecule has 1 aromatic heterocycles. The Hall–Kier alpha value is -1.87. The van der Waals surface area contributed by atoms with Crippen molar-refractivity contribution in [3.63, 3.8) is 0 Å². The van der Waals surface area contributed by atoms with E-state index in [1.54, 1.807) is 6.07 Å². The van der Waals surface area contributed by atoms with E-state index in [0.717, 1.165) is 0 Å². The van der Waals surface area contributed by atoms with Crippen LogP contribution in [0.3, 0.4) is 0 Å². The topological polar surface area (TPSA) is 75.1 Å². The lowest BCUT2D eigenvalue weighted by atomic mass is 10.2. The molecule has 0 saturated heterocycles. The Balaban J connectivity index is 2.43. The molecule has 0 spiro atoms. The van der Waals surface area contributed by atoms with E-state index in [4.69, 9.17) is 16.7 Å². The van der Waals surface area contributed by atoms with Gasteiger partial charge in [0.25, 0.3) is 0 Å². The molecule has 0 aliphatic heterocycles. The van der Waals surface area contributed by atoms with Gasteiger partial charge in [0.2, 0.25) is 5.95 Å². The number of aromatic nitrogens is 2. The summed E-state index contributed by atoms with van der Waals surface area (Å²) in [7, 11) is 0. The van der Waals surface area contributed by atoms with Crippen molar-refractivity contribution >= 4 is 45.1 Å². The van der Waals surface area contributed by atoms with Crippen LogP contribution in [0, 0.1) is 0 Å². The molecule has 0 bridgehead atoms. The van der Waals surface area contributed by atoms with Crippen molar-refractivity contribution < 1.29 is 23.1 Å². The Morgan fingerprint density at radius 1 is 1.36 bits per heavy atom. The lowest BCUT2D eigenvalue weighted by molar-refractivity contribution is -0.141. The number of nitrogens with zero attached hydrogens (tertiary/aromatic N) is 2. The lowest BCUT2D eigenvalue weighted by Crippen LogP contribution is -2.17. The molecule has 5 nitrogen and oxygen atoms in total. The second kappa shape index (κ2) is 6.09. The van der Waals surface area contributed by atoms with Crippen molar-refractivity contribution in [2.45, 2.75) is 6.18 Å². The minimum atomic E-state index is -4.92. The third-order valence-corrected chi connectivity index (χ3v) is 3.27. The summed E-state index contributed by atoms with van der Waals surface area (Å²) in [6.07, 6.45) is -4.33. The predicted molar refractivity (Wildman–Crippen MR) is 76.4 cm³/mol. The maximum Gasteiger partial charge on any atom is 0.434 e. The van der Waals surface area contributed by atoms with Gasteiger partial charge in [-0.05, 0) is 18.2 Å². The van der Waals surface area contributed by atoms with E-state index in [1.807, 2.05) is 0 Å². The number of hydrogen-bond acceptors (Lipinski definition) is 4. The van der Waals surface area contributed by atoms with Crippen molar-refractivity contribution in [2.75, 3.05) is 5.32 Å². The fraction of sp³-hybridized carbons (Fsp3) is 0.0833. The number of carboxylic acids is 1. The zero-order valence-electron chi connectivity index (χ0n) is 10.4. The molecule has 0 amide bonds. The lowest BCUT2D eigenvalue weighted by Gasteiger charge is -2.12. The Morgan fingerprint density at radius 2 is 2.05 bits per heavy atom. The van der Waals surface area contributed by atoms with Gasteiger partial charge in [0.1, 0.15) is 5.56 Å². The van der Waals surface area contributed by atoms with Gasteiger partial charge in [-0.15, -0.1) is 0 Å². The summed E-state index contributed by atoms with van der Waals surface area (Å²) in [5, 5.41) is 11.5. The number of anilines is 2. The standard InChI is InChI=1S/C12H6BrClF3N3O2/c13-5-1-2-8(7(14)3-5)19-11-18-4-6(10(21)22)9(20-11)12(15,16)17/h1-4H,(H,21,22)(H,18,19,20). The number of carboxylic acid groups (broad SMARTS) is 1. The van der Waals surface area contributed by atoms with Crippen LogP contribution in [0.4, 0.5) is 24.8 Å². The zero-order chi connectivity index (χ0) is 16.5. The Bertz CT molecular complexity index is 740. The molecule has 116 valence electrons. The smallest absolute Gasteiger partial charge is 0.434 e. The van der Waals surface area contributed by atoms with Crippen LogP contribution < -0.4 is 5.32 Å². The van der Waals surface area contributed by atoms with E-state index in [2.05, 4.69) is 31.2 Å². The molecule has 0 unspecified atom stereocenters. The molecule has 0 saturated carbocycles. The second-order valence-electron chi connectivity index (χ2n) is 4.01. The molecule has 22 heavy (non-hydrogen) atoms. The van der Waals surface area contributed by atoms with E-state index >= 15 is 0 Å². The first kappa shape index (κ1) is 16.5. The number of halogens is 5. The zero-order valence-corrected chi connectivity index (χ0v) is 12.8. The third-order valence-electron chi connectivity index (χ3n) is 2.47. The monoisotopic (exact) mass is 395 g/mol. The van der Waals surface area contributed by atoms with E-state index in [1.165, 1.54) is 12.1 Å². The number of benzene rings is 1. The molecule has 0 aliphatic rings. The maximum atomic E-state index is 12.8. The van der Waals surface area contributed by atoms with Gasteiger partial charge < -0.3 is 10.4 Å². The van der Waals surface area contributed by atoms with Crippen molar-refractivity contribution in [2.24, 2.45) is 0 Å². The van der Waals surface area contributed by atoms with Gasteiger partial charge in [-0.1, -0.05) is 27.5 Å². The molecule has 1 heterocycles. The first-order chi connectivity index (χ1) is 10.2. The molecule has 1 aromatic carbocycles. The van der Waals surface area contributed by atoms with Crippen LogP contribution in [0.1, 0.15) is 16.1 Å². The fourth-order valence-electron chi connectivity index (χ4n) is 1.53. The van der Waals surface area contributed by atoms with Crippen LogP contribution in [0.2, 0.25) is 5.02 Å². The molecule has 2 N–H and O–H groups in total. The van der Waals surface area contributed by atoms with Crippen LogP contribution >= 0.6 is 27.5 Å². The van der Waals surface area contributed by atoms with Crippen LogP contribution in [0.5, 0.6) is 0 Å². The summed E-state index contributed by atoms with van der Waals surface area (Å²) in [6, 6.07) is 4.65. The Kier molecular flexibility index (Phi) is 4.57. The minimum absolute atomic E-state index is 0.230. The highest BCUT2D eigenvalue weighted by atomic mass is 79.9. The van der Waals surface area contributed by atoms with E-state index in [-0.39, 0.29) is 10.7 Å². The quantitative estimate of drug-likeness (QED) is 0.807. The van der Waals surface area contributed by atoms with Gasteiger partial charge in [0, 0.05) is 10.7 Å². The van der Waals surface area contributed by atoms with E-state index in [0.29, 0.717) is 10.7 Å². The Labute approximate surface area is 135 Å². The largest absolute Gasteiger partial charge is 0.478 e. The molecule has 10 heteroatoms. The van der Waals surface area contributed by atoms with Crippen LogP contribution in [0.15, 0.2) is 28.9 Å². The maximum absolute atomic E-state index is 12.8. The predicted octanol–water partition coefficient (Wildman–Crippen LogP) is 4.35. The number of aromatic carboxylic acids is 1. The molecular formula is C12H6BrClF3N3O2. The third kappa shape index (κ3) is 3.66. The van der Waals surface area contributed by atoms with Crippen LogP contribution in [0.25, 0.3) is 0 Å². The Morgan fingerprint density at radius 3 is 2.59 bits per heavy atom. The first-order valence-corrected chi connectivity index (χ1v) is 6.75. The van der Waals surface area contributed by atoms with Crippen LogP contribution in [-0.4, -0.2) is 21.0 Å². The minimum Gasteiger partial charge on any atom is -0.478 e. The SMILES string of the molecule is O=C(O)c1cnc(Nc2ccc(Br)cc2Cl)nc1C(F)(F)F. The summed E-state index contributed by atoms with van der Waals surface area (Å²) in [6.45, 7) is 0. The summed E-state index contributed by atoms with van der Waals surface area (Å²) in [4.78, 5) is 17.6. The number of nitrogens with one attached hydrogen (secondary N) is 1.